The molecule has 0 aliphatic carbocycles. The summed E-state index contributed by atoms with van der Waals surface area (Å²) in [6.45, 7) is 9.78. The van der Waals surface area contributed by atoms with Gasteiger partial charge in [-0.15, -0.1) is 0 Å². The molecule has 1 atom stereocenters. The van der Waals surface area contributed by atoms with Crippen molar-refractivity contribution in [3.05, 3.63) is 0 Å². The Kier molecular flexibility index (Phi) is 9.55. The van der Waals surface area contributed by atoms with Crippen molar-refractivity contribution < 1.29 is 29.4 Å². The van der Waals surface area contributed by atoms with E-state index >= 15 is 0 Å². The molecule has 0 N–H and O–H groups in total. The number of unbranched alkanes of at least 4 members (excludes halogenated alkanes) is 1. The molecule has 0 heterocycles. The second kappa shape index (κ2) is 10.00. The fraction of sp³-hybridized carbons (Fsp3) is 0.923. The maximum Gasteiger partial charge on any atom is 0.542 e. The minimum atomic E-state index is -0.938. The molecule has 0 saturated carbocycles. The molecule has 19 heavy (non-hydrogen) atoms. The van der Waals surface area contributed by atoms with Crippen LogP contribution in [0.1, 0.15) is 60.3 Å². The molecule has 0 aromatic rings. The van der Waals surface area contributed by atoms with E-state index in [9.17, 15) is 4.79 Å². The van der Waals surface area contributed by atoms with Crippen LogP contribution in [0.5, 0.6) is 0 Å². The van der Waals surface area contributed by atoms with Gasteiger partial charge >= 0.3 is 6.16 Å². The molecule has 0 saturated heterocycles. The average Bonchev–Trinajstić information content (AvgIpc) is 2.34. The zero-order chi connectivity index (χ0) is 14.7. The van der Waals surface area contributed by atoms with Crippen LogP contribution >= 0.6 is 0 Å². The van der Waals surface area contributed by atoms with E-state index in [2.05, 4.69) is 28.8 Å². The molecule has 0 bridgehead atoms. The Hall–Kier alpha value is -0.850. The van der Waals surface area contributed by atoms with Crippen molar-refractivity contribution in [2.75, 3.05) is 6.61 Å². The maximum absolute atomic E-state index is 11.2. The lowest BCUT2D eigenvalue weighted by Crippen LogP contribution is -2.21. The summed E-state index contributed by atoms with van der Waals surface area (Å²) in [5.74, 6) is 0.347. The van der Waals surface area contributed by atoms with Gasteiger partial charge in [0, 0.05) is 5.04 Å². The SMILES string of the molecule is CCCCC(CC)COC(=O)OOOOC(C)(C)C. The van der Waals surface area contributed by atoms with E-state index < -0.39 is 11.8 Å². The summed E-state index contributed by atoms with van der Waals surface area (Å²) in [5.41, 5.74) is -0.555. The fourth-order valence-electron chi connectivity index (χ4n) is 1.27. The van der Waals surface area contributed by atoms with Crippen LogP contribution in [0.2, 0.25) is 0 Å². The van der Waals surface area contributed by atoms with Crippen molar-refractivity contribution in [3.63, 3.8) is 0 Å². The van der Waals surface area contributed by atoms with Crippen molar-refractivity contribution in [1.82, 2.24) is 0 Å². The zero-order valence-electron chi connectivity index (χ0n) is 12.6. The Balaban J connectivity index is 3.62. The number of ether oxygens (including phenoxy) is 1. The molecule has 0 aromatic heterocycles. The number of carbonyl (C=O) groups excluding carboxylic acids is 1. The van der Waals surface area contributed by atoms with Gasteiger partial charge in [0.05, 0.1) is 12.2 Å². The first-order chi connectivity index (χ1) is 8.89. The normalized spacial score (nSPS) is 13.1. The van der Waals surface area contributed by atoms with Gasteiger partial charge in [0.2, 0.25) is 0 Å². The second-order valence-corrected chi connectivity index (χ2v) is 5.39. The molecule has 114 valence electrons. The van der Waals surface area contributed by atoms with Gasteiger partial charge < -0.3 is 4.74 Å². The zero-order valence-corrected chi connectivity index (χ0v) is 12.6. The van der Waals surface area contributed by atoms with Crippen LogP contribution < -0.4 is 0 Å². The van der Waals surface area contributed by atoms with E-state index in [0.29, 0.717) is 12.5 Å². The molecule has 0 amide bonds. The number of carbonyl (C=O) groups is 1. The summed E-state index contributed by atoms with van der Waals surface area (Å²) < 4.78 is 4.90. The van der Waals surface area contributed by atoms with Gasteiger partial charge in [-0.1, -0.05) is 33.1 Å². The van der Waals surface area contributed by atoms with Gasteiger partial charge in [-0.2, -0.15) is 4.89 Å². The number of hydrogen-bond donors (Lipinski definition) is 0. The highest BCUT2D eigenvalue weighted by molar-refractivity contribution is 5.58. The first kappa shape index (κ1) is 18.1. The summed E-state index contributed by atoms with van der Waals surface area (Å²) in [5, 5.41) is 8.37. The van der Waals surface area contributed by atoms with Crippen molar-refractivity contribution in [2.24, 2.45) is 5.92 Å². The molecule has 0 aliphatic heterocycles. The highest BCUT2D eigenvalue weighted by Gasteiger charge is 2.15. The van der Waals surface area contributed by atoms with Crippen LogP contribution in [0.25, 0.3) is 0 Å². The largest absolute Gasteiger partial charge is 0.542 e. The van der Waals surface area contributed by atoms with Crippen LogP contribution in [0.3, 0.4) is 0 Å². The van der Waals surface area contributed by atoms with Crippen molar-refractivity contribution >= 4 is 6.16 Å². The molecule has 1 unspecified atom stereocenters. The number of rotatable bonds is 9. The Morgan fingerprint density at radius 2 is 1.84 bits per heavy atom. The van der Waals surface area contributed by atoms with E-state index in [1.54, 1.807) is 20.8 Å². The number of hydrogen-bond acceptors (Lipinski definition) is 6. The maximum atomic E-state index is 11.2. The summed E-state index contributed by atoms with van der Waals surface area (Å²) in [7, 11) is 0. The highest BCUT2D eigenvalue weighted by atomic mass is 17.7. The lowest BCUT2D eigenvalue weighted by Gasteiger charge is -2.15. The van der Waals surface area contributed by atoms with Crippen LogP contribution in [-0.2, 0) is 24.6 Å². The van der Waals surface area contributed by atoms with E-state index in [0.717, 1.165) is 25.7 Å². The Morgan fingerprint density at radius 1 is 1.16 bits per heavy atom. The van der Waals surface area contributed by atoms with Gasteiger partial charge in [0.15, 0.2) is 0 Å². The molecule has 0 fully saturated rings. The van der Waals surface area contributed by atoms with Crippen LogP contribution in [0.15, 0.2) is 0 Å². The fourth-order valence-corrected chi connectivity index (χ4v) is 1.27. The molecule has 6 heteroatoms. The van der Waals surface area contributed by atoms with E-state index in [-0.39, 0.29) is 0 Å². The Bertz CT molecular complexity index is 236. The summed E-state index contributed by atoms with van der Waals surface area (Å²) >= 11 is 0. The van der Waals surface area contributed by atoms with Crippen LogP contribution in [0.4, 0.5) is 4.79 Å². The Morgan fingerprint density at radius 3 is 2.37 bits per heavy atom. The van der Waals surface area contributed by atoms with Gasteiger partial charge in [0.25, 0.3) is 0 Å². The third-order valence-electron chi connectivity index (χ3n) is 2.39. The van der Waals surface area contributed by atoms with Crippen molar-refractivity contribution in [3.8, 4) is 0 Å². The van der Waals surface area contributed by atoms with Gasteiger partial charge in [0.1, 0.15) is 0 Å². The second-order valence-electron chi connectivity index (χ2n) is 5.39. The third kappa shape index (κ3) is 11.9. The molecule has 0 radical (unpaired) electrons. The quantitative estimate of drug-likeness (QED) is 0.275. The van der Waals surface area contributed by atoms with Crippen LogP contribution in [-0.4, -0.2) is 18.4 Å². The smallest absolute Gasteiger partial charge is 0.432 e. The first-order valence-corrected chi connectivity index (χ1v) is 6.74. The van der Waals surface area contributed by atoms with Crippen molar-refractivity contribution in [2.45, 2.75) is 65.9 Å². The first-order valence-electron chi connectivity index (χ1n) is 6.74. The topological polar surface area (TPSA) is 63.2 Å². The predicted octanol–water partition coefficient (Wildman–Crippen LogP) is 3.95. The van der Waals surface area contributed by atoms with E-state index in [4.69, 9.17) is 9.62 Å². The molecular weight excluding hydrogens is 252 g/mol. The van der Waals surface area contributed by atoms with E-state index in [1.807, 2.05) is 0 Å². The average molecular weight is 278 g/mol. The minimum Gasteiger partial charge on any atom is -0.432 e. The highest BCUT2D eigenvalue weighted by Crippen LogP contribution is 2.13. The van der Waals surface area contributed by atoms with Crippen LogP contribution in [0, 0.1) is 5.92 Å². The Labute approximate surface area is 115 Å². The molecular formula is C13H26O6. The van der Waals surface area contributed by atoms with Gasteiger partial charge in [-0.05, 0) is 38.1 Å². The molecule has 0 aromatic carbocycles. The summed E-state index contributed by atoms with van der Waals surface area (Å²) in [6.07, 6.45) is 3.30. The molecule has 6 nitrogen and oxygen atoms in total. The molecule has 0 aliphatic rings. The lowest BCUT2D eigenvalue weighted by molar-refractivity contribution is -0.634. The monoisotopic (exact) mass is 278 g/mol. The van der Waals surface area contributed by atoms with Gasteiger partial charge in [-0.25, -0.2) is 9.68 Å². The predicted molar refractivity (Wildman–Crippen MR) is 68.7 cm³/mol. The molecule has 0 spiro atoms. The van der Waals surface area contributed by atoms with E-state index in [1.165, 1.54) is 0 Å². The standard InChI is InChI=1S/C13H26O6/c1-6-8-9-11(7-2)10-15-12(14)16-18-19-17-13(3,4)5/h11H,6-10H2,1-5H3. The summed E-state index contributed by atoms with van der Waals surface area (Å²) in [4.78, 5) is 20.1. The van der Waals surface area contributed by atoms with Crippen molar-refractivity contribution in [1.29, 1.82) is 0 Å². The van der Waals surface area contributed by atoms with Gasteiger partial charge in [-0.3, -0.25) is 0 Å². The third-order valence-corrected chi connectivity index (χ3v) is 2.39. The lowest BCUT2D eigenvalue weighted by atomic mass is 10.0. The molecule has 0 rings (SSSR count). The minimum absolute atomic E-state index is 0.318. The summed E-state index contributed by atoms with van der Waals surface area (Å²) in [6, 6.07) is 0.